The molecule has 1 fully saturated rings. The van der Waals surface area contributed by atoms with E-state index in [-0.39, 0.29) is 23.9 Å². The summed E-state index contributed by atoms with van der Waals surface area (Å²) in [5.74, 6) is -0.155. The van der Waals surface area contributed by atoms with Crippen LogP contribution in [0.25, 0.3) is 0 Å². The first-order valence-corrected chi connectivity index (χ1v) is 10.8. The Morgan fingerprint density at radius 3 is 2.22 bits per heavy atom. The highest BCUT2D eigenvalue weighted by Gasteiger charge is 2.29. The first-order valence-electron chi connectivity index (χ1n) is 8.95. The minimum atomic E-state index is -3.82. The number of amides is 1. The average Bonchev–Trinajstić information content (AvgIpc) is 3.18. The van der Waals surface area contributed by atoms with E-state index in [0.717, 1.165) is 24.0 Å². The summed E-state index contributed by atoms with van der Waals surface area (Å²) in [4.78, 5) is 14.5. The van der Waals surface area contributed by atoms with Gasteiger partial charge in [-0.2, -0.15) is 4.31 Å². The van der Waals surface area contributed by atoms with E-state index >= 15 is 0 Å². The molecular formula is C20H23ClN2O3S. The van der Waals surface area contributed by atoms with Crippen molar-refractivity contribution in [2.24, 2.45) is 0 Å². The first-order chi connectivity index (χ1) is 12.9. The van der Waals surface area contributed by atoms with E-state index in [1.54, 1.807) is 17.0 Å². The van der Waals surface area contributed by atoms with Crippen molar-refractivity contribution < 1.29 is 13.2 Å². The third-order valence-electron chi connectivity index (χ3n) is 4.70. The van der Waals surface area contributed by atoms with Crippen LogP contribution in [0, 0.1) is 6.92 Å². The molecule has 5 nitrogen and oxygen atoms in total. The molecule has 144 valence electrons. The van der Waals surface area contributed by atoms with Crippen LogP contribution in [-0.2, 0) is 21.4 Å². The fourth-order valence-corrected chi connectivity index (χ4v) is 4.60. The van der Waals surface area contributed by atoms with Gasteiger partial charge < -0.3 is 4.90 Å². The van der Waals surface area contributed by atoms with E-state index in [1.807, 2.05) is 31.2 Å². The van der Waals surface area contributed by atoms with Gasteiger partial charge in [-0.25, -0.2) is 8.42 Å². The van der Waals surface area contributed by atoms with Crippen LogP contribution < -0.4 is 0 Å². The molecule has 0 N–H and O–H groups in total. The number of halogens is 1. The molecule has 1 aliphatic heterocycles. The summed E-state index contributed by atoms with van der Waals surface area (Å²) >= 11 is 5.89. The summed E-state index contributed by atoms with van der Waals surface area (Å²) < 4.78 is 27.6. The molecule has 0 aliphatic carbocycles. The van der Waals surface area contributed by atoms with Gasteiger partial charge in [0, 0.05) is 24.7 Å². The molecule has 0 unspecified atom stereocenters. The van der Waals surface area contributed by atoms with Crippen molar-refractivity contribution in [2.45, 2.75) is 31.2 Å². The van der Waals surface area contributed by atoms with Gasteiger partial charge in [-0.1, -0.05) is 41.4 Å². The first kappa shape index (κ1) is 19.9. The van der Waals surface area contributed by atoms with Gasteiger partial charge in [0.1, 0.15) is 0 Å². The second-order valence-electron chi connectivity index (χ2n) is 6.80. The van der Waals surface area contributed by atoms with Crippen molar-refractivity contribution in [3.05, 3.63) is 64.7 Å². The monoisotopic (exact) mass is 406 g/mol. The molecule has 2 aromatic rings. The molecular weight excluding hydrogens is 384 g/mol. The lowest BCUT2D eigenvalue weighted by molar-refractivity contribution is -0.130. The molecule has 3 rings (SSSR count). The van der Waals surface area contributed by atoms with E-state index in [9.17, 15) is 13.2 Å². The van der Waals surface area contributed by atoms with Gasteiger partial charge in [-0.05, 0) is 49.6 Å². The van der Waals surface area contributed by atoms with Crippen molar-refractivity contribution in [2.75, 3.05) is 19.6 Å². The minimum absolute atomic E-state index is 0.133. The summed E-state index contributed by atoms with van der Waals surface area (Å²) in [6, 6.07) is 13.7. The number of nitrogens with zero attached hydrogens (tertiary/aromatic N) is 2. The van der Waals surface area contributed by atoms with E-state index < -0.39 is 10.0 Å². The largest absolute Gasteiger partial charge is 0.342 e. The number of sulfonamides is 1. The summed E-state index contributed by atoms with van der Waals surface area (Å²) in [5.41, 5.74) is 1.94. The maximum absolute atomic E-state index is 13.2. The molecule has 0 bridgehead atoms. The van der Waals surface area contributed by atoms with Crippen LogP contribution in [0.3, 0.4) is 0 Å². The Hall–Kier alpha value is -1.89. The molecule has 0 aromatic heterocycles. The van der Waals surface area contributed by atoms with Gasteiger partial charge in [0.25, 0.3) is 0 Å². The van der Waals surface area contributed by atoms with E-state index in [1.165, 1.54) is 16.4 Å². The predicted molar refractivity (Wildman–Crippen MR) is 106 cm³/mol. The molecule has 2 aromatic carbocycles. The Labute approximate surface area is 165 Å². The number of carbonyl (C=O) groups excluding carboxylic acids is 1. The molecule has 0 atom stereocenters. The Balaban J connectivity index is 1.88. The minimum Gasteiger partial charge on any atom is -0.342 e. The van der Waals surface area contributed by atoms with Crippen molar-refractivity contribution >= 4 is 27.5 Å². The number of benzene rings is 2. The standard InChI is InChI=1S/C20H23ClN2O3S/c1-16-4-6-17(7-5-16)14-23(15-20(24)22-12-2-3-13-22)27(25,26)19-10-8-18(21)9-11-19/h4-11H,2-3,12-15H2,1H3. The fraction of sp³-hybridized carbons (Fsp3) is 0.350. The lowest BCUT2D eigenvalue weighted by Crippen LogP contribution is -2.41. The lowest BCUT2D eigenvalue weighted by Gasteiger charge is -2.25. The molecule has 1 saturated heterocycles. The van der Waals surface area contributed by atoms with Crippen molar-refractivity contribution in [1.82, 2.24) is 9.21 Å². The topological polar surface area (TPSA) is 57.7 Å². The third kappa shape index (κ3) is 4.89. The van der Waals surface area contributed by atoms with Gasteiger partial charge in [-0.15, -0.1) is 0 Å². The normalized spacial score (nSPS) is 14.7. The van der Waals surface area contributed by atoms with Gasteiger partial charge in [0.15, 0.2) is 0 Å². The second kappa shape index (κ2) is 8.42. The molecule has 1 heterocycles. The quantitative estimate of drug-likeness (QED) is 0.738. The molecule has 1 aliphatic rings. The average molecular weight is 407 g/mol. The van der Waals surface area contributed by atoms with Crippen LogP contribution in [0.4, 0.5) is 0 Å². The van der Waals surface area contributed by atoms with Crippen LogP contribution in [0.1, 0.15) is 24.0 Å². The second-order valence-corrected chi connectivity index (χ2v) is 9.17. The van der Waals surface area contributed by atoms with Crippen molar-refractivity contribution in [3.63, 3.8) is 0 Å². The van der Waals surface area contributed by atoms with Crippen molar-refractivity contribution in [3.8, 4) is 0 Å². The highest BCUT2D eigenvalue weighted by atomic mass is 35.5. The maximum atomic E-state index is 13.2. The Morgan fingerprint density at radius 2 is 1.63 bits per heavy atom. The zero-order chi connectivity index (χ0) is 19.4. The van der Waals surface area contributed by atoms with Crippen LogP contribution >= 0.6 is 11.6 Å². The molecule has 0 saturated carbocycles. The summed E-state index contributed by atoms with van der Waals surface area (Å²) in [5, 5.41) is 0.465. The van der Waals surface area contributed by atoms with Gasteiger partial charge in [0.2, 0.25) is 15.9 Å². The highest BCUT2D eigenvalue weighted by molar-refractivity contribution is 7.89. The summed E-state index contributed by atoms with van der Waals surface area (Å²) in [6.07, 6.45) is 1.93. The Morgan fingerprint density at radius 1 is 1.04 bits per heavy atom. The third-order valence-corrected chi connectivity index (χ3v) is 6.76. The Kier molecular flexibility index (Phi) is 6.19. The zero-order valence-corrected chi connectivity index (χ0v) is 16.8. The summed E-state index contributed by atoms with van der Waals surface area (Å²) in [7, 11) is -3.82. The SMILES string of the molecule is Cc1ccc(CN(CC(=O)N2CCCC2)S(=O)(=O)c2ccc(Cl)cc2)cc1. The van der Waals surface area contributed by atoms with Gasteiger partial charge in [0.05, 0.1) is 11.4 Å². The maximum Gasteiger partial charge on any atom is 0.243 e. The smallest absolute Gasteiger partial charge is 0.243 e. The van der Waals surface area contributed by atoms with Crippen LogP contribution in [-0.4, -0.2) is 43.2 Å². The highest BCUT2D eigenvalue weighted by Crippen LogP contribution is 2.21. The van der Waals surface area contributed by atoms with Crippen molar-refractivity contribution in [1.29, 1.82) is 0 Å². The van der Waals surface area contributed by atoms with Crippen LogP contribution in [0.15, 0.2) is 53.4 Å². The number of hydrogen-bond acceptors (Lipinski definition) is 3. The molecule has 0 spiro atoms. The number of hydrogen-bond donors (Lipinski definition) is 0. The molecule has 1 amide bonds. The lowest BCUT2D eigenvalue weighted by atomic mass is 10.1. The van der Waals surface area contributed by atoms with E-state index in [0.29, 0.717) is 18.1 Å². The molecule has 27 heavy (non-hydrogen) atoms. The van der Waals surface area contributed by atoms with Gasteiger partial charge >= 0.3 is 0 Å². The van der Waals surface area contributed by atoms with E-state index in [2.05, 4.69) is 0 Å². The molecule has 7 heteroatoms. The number of aryl methyl sites for hydroxylation is 1. The van der Waals surface area contributed by atoms with E-state index in [4.69, 9.17) is 11.6 Å². The zero-order valence-electron chi connectivity index (χ0n) is 15.3. The predicted octanol–water partition coefficient (Wildman–Crippen LogP) is 3.46. The fourth-order valence-electron chi connectivity index (χ4n) is 3.10. The number of rotatable bonds is 6. The number of likely N-dealkylation sites (tertiary alicyclic amines) is 1. The van der Waals surface area contributed by atoms with Gasteiger partial charge in [-0.3, -0.25) is 4.79 Å². The number of carbonyl (C=O) groups is 1. The summed E-state index contributed by atoms with van der Waals surface area (Å²) in [6.45, 7) is 3.34. The van der Waals surface area contributed by atoms with Crippen LogP contribution in [0.2, 0.25) is 5.02 Å². The Bertz CT molecular complexity index is 890. The van der Waals surface area contributed by atoms with Crippen LogP contribution in [0.5, 0.6) is 0 Å². The molecule has 0 radical (unpaired) electrons.